The number of anilines is 1. The SMILES string of the molecule is CCCOc1ccc(NC(=O)/C=C/c2ccc(-c3ccccc3)s2)cc1Cl. The Morgan fingerprint density at radius 3 is 2.70 bits per heavy atom. The first-order chi connectivity index (χ1) is 13.2. The van der Waals surface area contributed by atoms with E-state index >= 15 is 0 Å². The van der Waals surface area contributed by atoms with Crippen LogP contribution >= 0.6 is 22.9 Å². The Kier molecular flexibility index (Phi) is 6.69. The number of carbonyl (C=O) groups excluding carboxylic acids is 1. The standard InChI is InChI=1S/C22H20ClNO2S/c1-2-14-26-20-11-8-17(15-19(20)23)24-22(25)13-10-18-9-12-21(27-18)16-6-4-3-5-7-16/h3-13,15H,2,14H2,1H3,(H,24,25)/b13-10+. The van der Waals surface area contributed by atoms with Crippen molar-refractivity contribution >= 4 is 40.6 Å². The van der Waals surface area contributed by atoms with Crippen molar-refractivity contribution in [3.63, 3.8) is 0 Å². The first-order valence-electron chi connectivity index (χ1n) is 8.72. The van der Waals surface area contributed by atoms with Crippen LogP contribution in [0, 0.1) is 0 Å². The number of benzene rings is 2. The van der Waals surface area contributed by atoms with E-state index in [1.165, 1.54) is 16.5 Å². The smallest absolute Gasteiger partial charge is 0.248 e. The van der Waals surface area contributed by atoms with Crippen LogP contribution in [0.25, 0.3) is 16.5 Å². The molecule has 0 saturated carbocycles. The van der Waals surface area contributed by atoms with Gasteiger partial charge in [0, 0.05) is 21.5 Å². The Morgan fingerprint density at radius 1 is 1.15 bits per heavy atom. The maximum atomic E-state index is 12.2. The molecule has 0 spiro atoms. The van der Waals surface area contributed by atoms with Crippen LogP contribution < -0.4 is 10.1 Å². The van der Waals surface area contributed by atoms with Crippen LogP contribution in [0.4, 0.5) is 5.69 Å². The molecule has 0 aliphatic heterocycles. The van der Waals surface area contributed by atoms with E-state index in [4.69, 9.17) is 16.3 Å². The van der Waals surface area contributed by atoms with Gasteiger partial charge in [-0.2, -0.15) is 0 Å². The summed E-state index contributed by atoms with van der Waals surface area (Å²) < 4.78 is 5.53. The summed E-state index contributed by atoms with van der Waals surface area (Å²) in [6, 6.07) is 19.5. The molecule has 0 unspecified atom stereocenters. The second kappa shape index (κ2) is 9.40. The predicted octanol–water partition coefficient (Wildman–Crippen LogP) is 6.51. The van der Waals surface area contributed by atoms with Gasteiger partial charge in [0.1, 0.15) is 5.75 Å². The number of thiophene rings is 1. The zero-order valence-corrected chi connectivity index (χ0v) is 16.5. The van der Waals surface area contributed by atoms with Crippen LogP contribution in [0.15, 0.2) is 66.7 Å². The number of rotatable bonds is 7. The lowest BCUT2D eigenvalue weighted by molar-refractivity contribution is -0.111. The normalized spacial score (nSPS) is 10.9. The van der Waals surface area contributed by atoms with Crippen molar-refractivity contribution in [2.45, 2.75) is 13.3 Å². The molecule has 1 N–H and O–H groups in total. The summed E-state index contributed by atoms with van der Waals surface area (Å²) in [4.78, 5) is 14.4. The quantitative estimate of drug-likeness (QED) is 0.461. The average Bonchev–Trinajstić information content (AvgIpc) is 3.16. The Bertz CT molecular complexity index is 934. The molecule has 3 aromatic rings. The van der Waals surface area contributed by atoms with Crippen molar-refractivity contribution in [2.75, 3.05) is 11.9 Å². The highest BCUT2D eigenvalue weighted by Gasteiger charge is 2.05. The summed E-state index contributed by atoms with van der Waals surface area (Å²) >= 11 is 7.83. The molecule has 0 saturated heterocycles. The summed E-state index contributed by atoms with van der Waals surface area (Å²) in [7, 11) is 0. The number of halogens is 1. The monoisotopic (exact) mass is 397 g/mol. The Labute approximate surface area is 168 Å². The fourth-order valence-electron chi connectivity index (χ4n) is 2.45. The molecule has 27 heavy (non-hydrogen) atoms. The molecule has 0 fully saturated rings. The van der Waals surface area contributed by atoms with Crippen molar-refractivity contribution in [1.29, 1.82) is 0 Å². The lowest BCUT2D eigenvalue weighted by Gasteiger charge is -2.08. The Hall–Kier alpha value is -2.56. The summed E-state index contributed by atoms with van der Waals surface area (Å²) in [6.45, 7) is 2.64. The van der Waals surface area contributed by atoms with Crippen LogP contribution in [0.2, 0.25) is 5.02 Å². The molecule has 1 amide bonds. The van der Waals surface area contributed by atoms with E-state index in [0.717, 1.165) is 11.3 Å². The number of hydrogen-bond acceptors (Lipinski definition) is 3. The molecule has 1 aromatic heterocycles. The molecule has 0 atom stereocenters. The minimum Gasteiger partial charge on any atom is -0.492 e. The molecule has 0 aliphatic rings. The van der Waals surface area contributed by atoms with E-state index in [1.54, 1.807) is 29.5 Å². The van der Waals surface area contributed by atoms with Gasteiger partial charge in [-0.15, -0.1) is 11.3 Å². The fraction of sp³-hybridized carbons (Fsp3) is 0.136. The zero-order valence-electron chi connectivity index (χ0n) is 14.9. The van der Waals surface area contributed by atoms with Crippen molar-refractivity contribution in [3.8, 4) is 16.2 Å². The number of hydrogen-bond donors (Lipinski definition) is 1. The second-order valence-corrected chi connectivity index (χ2v) is 7.41. The van der Waals surface area contributed by atoms with Crippen LogP contribution in [0.1, 0.15) is 18.2 Å². The van der Waals surface area contributed by atoms with Crippen LogP contribution in [-0.4, -0.2) is 12.5 Å². The molecule has 0 bridgehead atoms. The van der Waals surface area contributed by atoms with Gasteiger partial charge in [0.25, 0.3) is 0 Å². The van der Waals surface area contributed by atoms with Gasteiger partial charge in [-0.05, 0) is 48.4 Å². The van der Waals surface area contributed by atoms with Crippen LogP contribution in [0.3, 0.4) is 0 Å². The van der Waals surface area contributed by atoms with Gasteiger partial charge in [-0.25, -0.2) is 0 Å². The number of nitrogens with one attached hydrogen (secondary N) is 1. The van der Waals surface area contributed by atoms with Crippen LogP contribution in [-0.2, 0) is 4.79 Å². The van der Waals surface area contributed by atoms with E-state index in [9.17, 15) is 4.79 Å². The maximum absolute atomic E-state index is 12.2. The molecular formula is C22H20ClNO2S. The van der Waals surface area contributed by atoms with Gasteiger partial charge in [-0.1, -0.05) is 48.9 Å². The molecular weight excluding hydrogens is 378 g/mol. The van der Waals surface area contributed by atoms with E-state index < -0.39 is 0 Å². The second-order valence-electron chi connectivity index (χ2n) is 5.88. The third kappa shape index (κ3) is 5.46. The number of carbonyl (C=O) groups is 1. The highest BCUT2D eigenvalue weighted by molar-refractivity contribution is 7.16. The lowest BCUT2D eigenvalue weighted by Crippen LogP contribution is -2.07. The van der Waals surface area contributed by atoms with Gasteiger partial charge in [0.2, 0.25) is 5.91 Å². The minimum atomic E-state index is -0.206. The average molecular weight is 398 g/mol. The molecule has 3 nitrogen and oxygen atoms in total. The lowest BCUT2D eigenvalue weighted by atomic mass is 10.2. The summed E-state index contributed by atoms with van der Waals surface area (Å²) in [6.07, 6.45) is 4.25. The van der Waals surface area contributed by atoms with Crippen molar-refractivity contribution in [3.05, 3.63) is 76.6 Å². The molecule has 0 aliphatic carbocycles. The van der Waals surface area contributed by atoms with Gasteiger partial charge >= 0.3 is 0 Å². The van der Waals surface area contributed by atoms with Gasteiger partial charge in [-0.3, -0.25) is 4.79 Å². The summed E-state index contributed by atoms with van der Waals surface area (Å²) in [5, 5.41) is 3.30. The molecule has 5 heteroatoms. The first kappa shape index (κ1) is 19.2. The van der Waals surface area contributed by atoms with Crippen molar-refractivity contribution in [1.82, 2.24) is 0 Å². The van der Waals surface area contributed by atoms with E-state index in [-0.39, 0.29) is 5.91 Å². The zero-order chi connectivity index (χ0) is 19.1. The van der Waals surface area contributed by atoms with E-state index in [2.05, 4.69) is 23.5 Å². The van der Waals surface area contributed by atoms with Crippen molar-refractivity contribution < 1.29 is 9.53 Å². The Balaban J connectivity index is 1.61. The maximum Gasteiger partial charge on any atom is 0.248 e. The van der Waals surface area contributed by atoms with Crippen molar-refractivity contribution in [2.24, 2.45) is 0 Å². The predicted molar refractivity (Wildman–Crippen MR) is 115 cm³/mol. The third-order valence-corrected chi connectivity index (χ3v) is 5.14. The fourth-order valence-corrected chi connectivity index (χ4v) is 3.60. The molecule has 2 aromatic carbocycles. The highest BCUT2D eigenvalue weighted by atomic mass is 35.5. The van der Waals surface area contributed by atoms with Gasteiger partial charge < -0.3 is 10.1 Å². The minimum absolute atomic E-state index is 0.206. The van der Waals surface area contributed by atoms with Crippen LogP contribution in [0.5, 0.6) is 5.75 Å². The summed E-state index contributed by atoms with van der Waals surface area (Å²) in [5.74, 6) is 0.419. The topological polar surface area (TPSA) is 38.3 Å². The summed E-state index contributed by atoms with van der Waals surface area (Å²) in [5.41, 5.74) is 1.81. The number of ether oxygens (including phenoxy) is 1. The highest BCUT2D eigenvalue weighted by Crippen LogP contribution is 2.29. The third-order valence-electron chi connectivity index (χ3n) is 3.75. The molecule has 0 radical (unpaired) electrons. The molecule has 1 heterocycles. The Morgan fingerprint density at radius 2 is 1.96 bits per heavy atom. The van der Waals surface area contributed by atoms with Gasteiger partial charge in [0.15, 0.2) is 0 Å². The molecule has 138 valence electrons. The largest absolute Gasteiger partial charge is 0.492 e. The van der Waals surface area contributed by atoms with Gasteiger partial charge in [0.05, 0.1) is 11.6 Å². The first-order valence-corrected chi connectivity index (χ1v) is 9.92. The van der Waals surface area contributed by atoms with E-state index in [1.807, 2.05) is 37.3 Å². The number of amides is 1. The van der Waals surface area contributed by atoms with E-state index in [0.29, 0.717) is 23.1 Å². The molecule has 3 rings (SSSR count).